The van der Waals surface area contributed by atoms with Gasteiger partial charge in [0.1, 0.15) is 0 Å². The van der Waals surface area contributed by atoms with Crippen molar-refractivity contribution in [1.29, 1.82) is 0 Å². The molecule has 76 valence electrons. The summed E-state index contributed by atoms with van der Waals surface area (Å²) < 4.78 is 38.4. The molecule has 0 bridgehead atoms. The van der Waals surface area contributed by atoms with E-state index in [1.54, 1.807) is 11.9 Å². The number of likely N-dealkylation sites (tertiary alicyclic amines) is 1. The highest BCUT2D eigenvalue weighted by Crippen LogP contribution is 2.50. The Labute approximate surface area is 75.1 Å². The second-order valence-electron chi connectivity index (χ2n) is 4.18. The lowest BCUT2D eigenvalue weighted by Gasteiger charge is -2.30. The van der Waals surface area contributed by atoms with Gasteiger partial charge < -0.3 is 10.2 Å². The third-order valence-electron chi connectivity index (χ3n) is 3.26. The van der Waals surface area contributed by atoms with Crippen molar-refractivity contribution in [3.63, 3.8) is 0 Å². The van der Waals surface area contributed by atoms with E-state index in [4.69, 9.17) is 0 Å². The van der Waals surface area contributed by atoms with Crippen LogP contribution in [0.2, 0.25) is 0 Å². The van der Waals surface area contributed by atoms with Gasteiger partial charge >= 0.3 is 6.18 Å². The van der Waals surface area contributed by atoms with Gasteiger partial charge in [0, 0.05) is 32.1 Å². The van der Waals surface area contributed by atoms with Crippen molar-refractivity contribution >= 4 is 0 Å². The van der Waals surface area contributed by atoms with Crippen molar-refractivity contribution < 1.29 is 13.2 Å². The summed E-state index contributed by atoms with van der Waals surface area (Å²) >= 11 is 0. The summed E-state index contributed by atoms with van der Waals surface area (Å²) in [4.78, 5) is 1.78. The van der Waals surface area contributed by atoms with Crippen LogP contribution in [-0.2, 0) is 0 Å². The Kier molecular flexibility index (Phi) is 1.86. The molecule has 0 spiro atoms. The van der Waals surface area contributed by atoms with E-state index in [0.717, 1.165) is 0 Å². The summed E-state index contributed by atoms with van der Waals surface area (Å²) in [5, 5.41) is 2.85. The molecule has 2 atom stereocenters. The molecule has 0 saturated carbocycles. The summed E-state index contributed by atoms with van der Waals surface area (Å²) in [5.41, 5.74) is -1.47. The van der Waals surface area contributed by atoms with Crippen molar-refractivity contribution in [1.82, 2.24) is 10.2 Å². The highest BCUT2D eigenvalue weighted by Gasteiger charge is 2.64. The standard InChI is InChI=1S/C8H13F3N2/c1-13-3-6-2-12-4-7(6,5-13)8(9,10)11/h6,12H,2-5H2,1H3. The minimum absolute atomic E-state index is 0.0888. The molecule has 0 aliphatic carbocycles. The van der Waals surface area contributed by atoms with Crippen molar-refractivity contribution in [2.45, 2.75) is 6.18 Å². The van der Waals surface area contributed by atoms with Crippen LogP contribution in [0.1, 0.15) is 0 Å². The van der Waals surface area contributed by atoms with Crippen LogP contribution in [0.15, 0.2) is 0 Å². The van der Waals surface area contributed by atoms with Crippen LogP contribution in [0.5, 0.6) is 0 Å². The van der Waals surface area contributed by atoms with Crippen LogP contribution >= 0.6 is 0 Å². The predicted octanol–water partition coefficient (Wildman–Crippen LogP) is 0.700. The highest BCUT2D eigenvalue weighted by atomic mass is 19.4. The zero-order valence-corrected chi connectivity index (χ0v) is 7.49. The number of nitrogens with zero attached hydrogens (tertiary/aromatic N) is 1. The number of fused-ring (bicyclic) bond motifs is 1. The maximum Gasteiger partial charge on any atom is 0.397 e. The molecule has 1 N–H and O–H groups in total. The third-order valence-corrected chi connectivity index (χ3v) is 3.26. The van der Waals surface area contributed by atoms with Gasteiger partial charge in [0.25, 0.3) is 0 Å². The van der Waals surface area contributed by atoms with E-state index < -0.39 is 11.6 Å². The molecular weight excluding hydrogens is 181 g/mol. The van der Waals surface area contributed by atoms with E-state index in [2.05, 4.69) is 5.32 Å². The first kappa shape index (κ1) is 9.27. The molecule has 2 aliphatic heterocycles. The third kappa shape index (κ3) is 1.17. The number of alkyl halides is 3. The molecule has 5 heteroatoms. The Morgan fingerprint density at radius 2 is 2.15 bits per heavy atom. The minimum Gasteiger partial charge on any atom is -0.315 e. The molecule has 0 amide bonds. The lowest BCUT2D eigenvalue weighted by atomic mass is 9.80. The van der Waals surface area contributed by atoms with Gasteiger partial charge in [0.15, 0.2) is 0 Å². The second-order valence-corrected chi connectivity index (χ2v) is 4.18. The van der Waals surface area contributed by atoms with Crippen molar-refractivity contribution in [2.75, 3.05) is 33.2 Å². The first-order valence-corrected chi connectivity index (χ1v) is 4.42. The SMILES string of the molecule is CN1CC2CNCC2(C(F)(F)F)C1. The van der Waals surface area contributed by atoms with E-state index in [1.165, 1.54) is 0 Å². The molecule has 13 heavy (non-hydrogen) atoms. The lowest BCUT2D eigenvalue weighted by Crippen LogP contribution is -2.45. The van der Waals surface area contributed by atoms with Crippen LogP contribution in [0, 0.1) is 11.3 Å². The molecule has 0 aromatic carbocycles. The first-order chi connectivity index (χ1) is 5.96. The minimum atomic E-state index is -4.06. The Morgan fingerprint density at radius 3 is 2.69 bits per heavy atom. The normalized spacial score (nSPS) is 41.1. The quantitative estimate of drug-likeness (QED) is 0.610. The zero-order chi connectivity index (χ0) is 9.69. The molecule has 2 heterocycles. The molecule has 0 aromatic heterocycles. The number of hydrogen-bond acceptors (Lipinski definition) is 2. The molecule has 0 radical (unpaired) electrons. The summed E-state index contributed by atoms with van der Waals surface area (Å²) in [6.45, 7) is 1.30. The Bertz CT molecular complexity index is 216. The number of rotatable bonds is 0. The zero-order valence-electron chi connectivity index (χ0n) is 7.49. The fourth-order valence-corrected chi connectivity index (χ4v) is 2.58. The largest absolute Gasteiger partial charge is 0.397 e. The van der Waals surface area contributed by atoms with Gasteiger partial charge in [-0.1, -0.05) is 0 Å². The molecular formula is C8H13F3N2. The smallest absolute Gasteiger partial charge is 0.315 e. The highest BCUT2D eigenvalue weighted by molar-refractivity contribution is 5.06. The predicted molar refractivity (Wildman–Crippen MR) is 42.3 cm³/mol. The number of nitrogens with one attached hydrogen (secondary N) is 1. The van der Waals surface area contributed by atoms with E-state index >= 15 is 0 Å². The Morgan fingerprint density at radius 1 is 1.46 bits per heavy atom. The average Bonchev–Trinajstić information content (AvgIpc) is 2.40. The summed E-state index contributed by atoms with van der Waals surface area (Å²) in [5.74, 6) is -0.252. The molecule has 2 rings (SSSR count). The summed E-state index contributed by atoms with van der Waals surface area (Å²) in [6.07, 6.45) is -4.06. The van der Waals surface area contributed by atoms with Gasteiger partial charge in [-0.15, -0.1) is 0 Å². The van der Waals surface area contributed by atoms with Gasteiger partial charge in [0.2, 0.25) is 0 Å². The number of hydrogen-bond donors (Lipinski definition) is 1. The van der Waals surface area contributed by atoms with Crippen LogP contribution in [0.4, 0.5) is 13.2 Å². The van der Waals surface area contributed by atoms with Crippen molar-refractivity contribution in [3.8, 4) is 0 Å². The second kappa shape index (κ2) is 2.60. The summed E-state index contributed by atoms with van der Waals surface area (Å²) in [6, 6.07) is 0. The monoisotopic (exact) mass is 194 g/mol. The molecule has 2 nitrogen and oxygen atoms in total. The van der Waals surface area contributed by atoms with Gasteiger partial charge in [-0.25, -0.2) is 0 Å². The maximum atomic E-state index is 12.8. The van der Waals surface area contributed by atoms with Gasteiger partial charge in [-0.3, -0.25) is 0 Å². The fourth-order valence-electron chi connectivity index (χ4n) is 2.58. The molecule has 0 aromatic rings. The van der Waals surface area contributed by atoms with Gasteiger partial charge in [0.05, 0.1) is 5.41 Å². The lowest BCUT2D eigenvalue weighted by molar-refractivity contribution is -0.221. The van der Waals surface area contributed by atoms with E-state index in [1.807, 2.05) is 0 Å². The summed E-state index contributed by atoms with van der Waals surface area (Å²) in [7, 11) is 1.76. The van der Waals surface area contributed by atoms with Crippen LogP contribution in [0.25, 0.3) is 0 Å². The van der Waals surface area contributed by atoms with Crippen LogP contribution in [0.3, 0.4) is 0 Å². The Balaban J connectivity index is 2.28. The fraction of sp³-hybridized carbons (Fsp3) is 1.00. The topological polar surface area (TPSA) is 15.3 Å². The van der Waals surface area contributed by atoms with Gasteiger partial charge in [-0.2, -0.15) is 13.2 Å². The number of halogens is 3. The molecule has 2 aliphatic rings. The van der Waals surface area contributed by atoms with Gasteiger partial charge in [-0.05, 0) is 7.05 Å². The van der Waals surface area contributed by atoms with Crippen molar-refractivity contribution in [2.24, 2.45) is 11.3 Å². The Hall–Kier alpha value is -0.290. The first-order valence-electron chi connectivity index (χ1n) is 4.42. The molecule has 2 saturated heterocycles. The van der Waals surface area contributed by atoms with Crippen molar-refractivity contribution in [3.05, 3.63) is 0 Å². The van der Waals surface area contributed by atoms with E-state index in [0.29, 0.717) is 13.1 Å². The van der Waals surface area contributed by atoms with E-state index in [9.17, 15) is 13.2 Å². The molecule has 2 fully saturated rings. The molecule has 2 unspecified atom stereocenters. The van der Waals surface area contributed by atoms with Crippen LogP contribution < -0.4 is 5.32 Å². The van der Waals surface area contributed by atoms with Crippen LogP contribution in [-0.4, -0.2) is 44.3 Å². The maximum absolute atomic E-state index is 12.8. The average molecular weight is 194 g/mol. The van der Waals surface area contributed by atoms with E-state index in [-0.39, 0.29) is 19.0 Å².